The van der Waals surface area contributed by atoms with Crippen LogP contribution in [0.2, 0.25) is 5.02 Å². The van der Waals surface area contributed by atoms with E-state index < -0.39 is 22.9 Å². The fraction of sp³-hybridized carbons (Fsp3) is 0.308. The summed E-state index contributed by atoms with van der Waals surface area (Å²) in [6.07, 6.45) is 6.64. The van der Waals surface area contributed by atoms with Crippen LogP contribution in [0.1, 0.15) is 27.2 Å². The zero-order valence-corrected chi connectivity index (χ0v) is 21.1. The van der Waals surface area contributed by atoms with Gasteiger partial charge in [-0.15, -0.1) is 0 Å². The minimum atomic E-state index is -1.14. The van der Waals surface area contributed by atoms with E-state index in [-0.39, 0.29) is 18.7 Å². The largest absolute Gasteiger partial charge is 0.493 e. The molecule has 4 rings (SSSR count). The number of carbonyl (C=O) groups is 1. The second kappa shape index (κ2) is 10.1. The topological polar surface area (TPSA) is 94.9 Å². The van der Waals surface area contributed by atoms with Crippen molar-refractivity contribution < 1.29 is 23.4 Å². The van der Waals surface area contributed by atoms with Gasteiger partial charge in [-0.25, -0.2) is 19.2 Å². The van der Waals surface area contributed by atoms with E-state index in [0.717, 1.165) is 0 Å². The number of hydrogen-bond donors (Lipinski definition) is 1. The van der Waals surface area contributed by atoms with Crippen molar-refractivity contribution in [1.82, 2.24) is 9.97 Å². The van der Waals surface area contributed by atoms with E-state index in [1.165, 1.54) is 25.6 Å². The smallest absolute Gasteiger partial charge is 0.338 e. The normalized spacial score (nSPS) is 16.8. The van der Waals surface area contributed by atoms with Gasteiger partial charge in [0.1, 0.15) is 23.6 Å². The number of nitrogens with one attached hydrogen (secondary N) is 1. The van der Waals surface area contributed by atoms with E-state index in [1.807, 2.05) is 20.8 Å². The Labute approximate surface area is 213 Å². The van der Waals surface area contributed by atoms with E-state index in [2.05, 4.69) is 20.3 Å². The van der Waals surface area contributed by atoms with Crippen molar-refractivity contribution in [2.45, 2.75) is 38.3 Å². The SMILES string of the molecule is COc1cc2c(Nc3ccc(Cl)cc3F)ncnc2cc1OCCC1(C(=O)OC(C)(C)C)C=CC=N1. The molecular weight excluding hydrogens is 487 g/mol. The molecule has 3 aromatic rings. The minimum absolute atomic E-state index is 0.162. The van der Waals surface area contributed by atoms with Gasteiger partial charge >= 0.3 is 5.97 Å². The number of halogens is 2. The van der Waals surface area contributed by atoms with Crippen LogP contribution in [0.5, 0.6) is 11.5 Å². The average Bonchev–Trinajstić information content (AvgIpc) is 3.30. The van der Waals surface area contributed by atoms with Crippen LogP contribution in [-0.4, -0.2) is 47.0 Å². The maximum Gasteiger partial charge on any atom is 0.338 e. The molecule has 8 nitrogen and oxygen atoms in total. The van der Waals surface area contributed by atoms with Crippen molar-refractivity contribution in [1.29, 1.82) is 0 Å². The highest BCUT2D eigenvalue weighted by atomic mass is 35.5. The fourth-order valence-corrected chi connectivity index (χ4v) is 3.79. The molecule has 0 amide bonds. The Morgan fingerprint density at radius 1 is 1.17 bits per heavy atom. The Morgan fingerprint density at radius 2 is 1.97 bits per heavy atom. The lowest BCUT2D eigenvalue weighted by Crippen LogP contribution is -2.41. The highest BCUT2D eigenvalue weighted by Gasteiger charge is 2.40. The lowest BCUT2D eigenvalue weighted by molar-refractivity contribution is -0.159. The molecule has 188 valence electrons. The van der Waals surface area contributed by atoms with Crippen molar-refractivity contribution >= 4 is 46.2 Å². The molecule has 10 heteroatoms. The first-order valence-electron chi connectivity index (χ1n) is 11.2. The zero-order chi connectivity index (χ0) is 25.9. The molecule has 0 spiro atoms. The third kappa shape index (κ3) is 5.57. The molecule has 1 N–H and O–H groups in total. The van der Waals surface area contributed by atoms with Gasteiger partial charge in [-0.3, -0.25) is 4.99 Å². The summed E-state index contributed by atoms with van der Waals surface area (Å²) in [5.41, 5.74) is -1.01. The van der Waals surface area contributed by atoms with E-state index in [9.17, 15) is 9.18 Å². The van der Waals surface area contributed by atoms with Gasteiger partial charge in [0, 0.05) is 29.1 Å². The summed E-state index contributed by atoms with van der Waals surface area (Å²) in [5.74, 6) is 0.294. The molecule has 1 aliphatic rings. The summed E-state index contributed by atoms with van der Waals surface area (Å²) in [6.45, 7) is 5.59. The predicted octanol–water partition coefficient (Wildman–Crippen LogP) is 5.66. The molecule has 2 aromatic carbocycles. The summed E-state index contributed by atoms with van der Waals surface area (Å²) >= 11 is 5.85. The lowest BCUT2D eigenvalue weighted by atomic mass is 9.97. The lowest BCUT2D eigenvalue weighted by Gasteiger charge is -2.28. The van der Waals surface area contributed by atoms with Crippen LogP contribution in [0.4, 0.5) is 15.9 Å². The summed E-state index contributed by atoms with van der Waals surface area (Å²) in [4.78, 5) is 25.7. The van der Waals surface area contributed by atoms with Gasteiger partial charge in [0.05, 0.1) is 24.9 Å². The van der Waals surface area contributed by atoms with Crippen LogP contribution in [-0.2, 0) is 9.53 Å². The number of methoxy groups -OCH3 is 1. The number of aromatic nitrogens is 2. The van der Waals surface area contributed by atoms with Gasteiger partial charge in [-0.2, -0.15) is 0 Å². The number of fused-ring (bicyclic) bond motifs is 1. The second-order valence-electron chi connectivity index (χ2n) is 9.15. The number of allylic oxidation sites excluding steroid dienone is 1. The molecule has 0 saturated carbocycles. The minimum Gasteiger partial charge on any atom is -0.493 e. The maximum atomic E-state index is 14.3. The van der Waals surface area contributed by atoms with E-state index >= 15 is 0 Å². The quantitative estimate of drug-likeness (QED) is 0.389. The molecule has 2 heterocycles. The number of carbonyl (C=O) groups excluding carboxylic acids is 1. The van der Waals surface area contributed by atoms with Crippen molar-refractivity contribution in [3.63, 3.8) is 0 Å². The molecule has 1 atom stereocenters. The summed E-state index contributed by atoms with van der Waals surface area (Å²) in [5, 5.41) is 3.87. The van der Waals surface area contributed by atoms with Crippen molar-refractivity contribution in [2.24, 2.45) is 4.99 Å². The Balaban J connectivity index is 1.55. The van der Waals surface area contributed by atoms with Gasteiger partial charge in [0.15, 0.2) is 17.0 Å². The first-order valence-corrected chi connectivity index (χ1v) is 11.6. The van der Waals surface area contributed by atoms with Crippen LogP contribution in [0.15, 0.2) is 53.8 Å². The van der Waals surface area contributed by atoms with Crippen molar-refractivity contribution in [3.05, 3.63) is 59.7 Å². The summed E-state index contributed by atoms with van der Waals surface area (Å²) in [6, 6.07) is 7.73. The second-order valence-corrected chi connectivity index (χ2v) is 9.59. The van der Waals surface area contributed by atoms with E-state index in [1.54, 1.807) is 36.6 Å². The molecule has 1 aromatic heterocycles. The van der Waals surface area contributed by atoms with Gasteiger partial charge in [-0.05, 0) is 57.2 Å². The number of aliphatic imine (C=N–C) groups is 1. The Hall–Kier alpha value is -3.72. The number of hydrogen-bond acceptors (Lipinski definition) is 8. The van der Waals surface area contributed by atoms with E-state index in [4.69, 9.17) is 25.8 Å². The number of esters is 1. The fourth-order valence-electron chi connectivity index (χ4n) is 3.63. The molecule has 0 aliphatic carbocycles. The average molecular weight is 513 g/mol. The molecule has 1 aliphatic heterocycles. The third-order valence-corrected chi connectivity index (χ3v) is 5.60. The van der Waals surface area contributed by atoms with Gasteiger partial charge in [0.25, 0.3) is 0 Å². The molecule has 0 fully saturated rings. The summed E-state index contributed by atoms with van der Waals surface area (Å²) in [7, 11) is 1.51. The highest BCUT2D eigenvalue weighted by Crippen LogP contribution is 2.36. The Bertz CT molecular complexity index is 1340. The number of rotatable bonds is 8. The zero-order valence-electron chi connectivity index (χ0n) is 20.3. The Kier molecular flexibility index (Phi) is 7.12. The van der Waals surface area contributed by atoms with Crippen LogP contribution < -0.4 is 14.8 Å². The number of ether oxygens (including phenoxy) is 3. The molecule has 0 radical (unpaired) electrons. The van der Waals surface area contributed by atoms with Crippen molar-refractivity contribution in [2.75, 3.05) is 19.0 Å². The maximum absolute atomic E-state index is 14.3. The molecule has 0 saturated heterocycles. The van der Waals surface area contributed by atoms with Gasteiger partial charge in [-0.1, -0.05) is 11.6 Å². The third-order valence-electron chi connectivity index (χ3n) is 5.36. The predicted molar refractivity (Wildman–Crippen MR) is 137 cm³/mol. The number of nitrogens with zero attached hydrogens (tertiary/aromatic N) is 3. The molecule has 1 unspecified atom stereocenters. The van der Waals surface area contributed by atoms with E-state index in [0.29, 0.717) is 33.2 Å². The number of anilines is 2. The molecule has 36 heavy (non-hydrogen) atoms. The van der Waals surface area contributed by atoms with Crippen LogP contribution >= 0.6 is 11.6 Å². The first-order chi connectivity index (χ1) is 17.1. The van der Waals surface area contributed by atoms with Crippen LogP contribution in [0, 0.1) is 5.82 Å². The van der Waals surface area contributed by atoms with Crippen LogP contribution in [0.25, 0.3) is 10.9 Å². The van der Waals surface area contributed by atoms with Gasteiger partial charge in [0.2, 0.25) is 0 Å². The monoisotopic (exact) mass is 512 g/mol. The van der Waals surface area contributed by atoms with Gasteiger partial charge < -0.3 is 19.5 Å². The standard InChI is InChI=1S/C26H26ClFN4O4/c1-25(2,3)36-24(33)26(8-5-10-31-26)9-11-35-22-14-20-17(13-21(22)34-4)23(30-15-29-20)32-19-7-6-16(27)12-18(19)28/h5-8,10,12-15H,9,11H2,1-4H3,(H,29,30,32). The summed E-state index contributed by atoms with van der Waals surface area (Å²) < 4.78 is 31.4. The first kappa shape index (κ1) is 25.4. The highest BCUT2D eigenvalue weighted by molar-refractivity contribution is 6.30. The molecule has 0 bridgehead atoms. The Morgan fingerprint density at radius 3 is 2.64 bits per heavy atom. The van der Waals surface area contributed by atoms with Crippen molar-refractivity contribution in [3.8, 4) is 11.5 Å². The molecular formula is C26H26ClFN4O4. The van der Waals surface area contributed by atoms with Crippen LogP contribution in [0.3, 0.4) is 0 Å². The number of benzene rings is 2.